The van der Waals surface area contributed by atoms with Gasteiger partial charge < -0.3 is 0 Å². The summed E-state index contributed by atoms with van der Waals surface area (Å²) >= 11 is 0. The second-order valence-corrected chi connectivity index (χ2v) is 5.11. The van der Waals surface area contributed by atoms with Crippen molar-refractivity contribution in [2.45, 2.75) is 65.2 Å². The summed E-state index contributed by atoms with van der Waals surface area (Å²) in [5.74, 6) is 1.18. The van der Waals surface area contributed by atoms with Crippen LogP contribution < -0.4 is 0 Å². The fraction of sp³-hybridized carbons (Fsp3) is 0.786. The summed E-state index contributed by atoms with van der Waals surface area (Å²) in [6.07, 6.45) is 11.0. The van der Waals surface area contributed by atoms with Crippen molar-refractivity contribution in [2.24, 2.45) is 5.92 Å². The molecule has 0 aromatic carbocycles. The zero-order valence-corrected chi connectivity index (χ0v) is 10.2. The second-order valence-electron chi connectivity index (χ2n) is 5.11. The van der Waals surface area contributed by atoms with Gasteiger partial charge in [0.25, 0.3) is 0 Å². The zero-order chi connectivity index (χ0) is 11.1. The maximum Gasteiger partial charge on any atom is 0.136 e. The molecular weight excluding hydrogens is 184 g/mol. The first kappa shape index (κ1) is 12.5. The number of hydrogen-bond acceptors (Lipinski definition) is 1. The van der Waals surface area contributed by atoms with Crippen molar-refractivity contribution < 1.29 is 4.79 Å². The molecular formula is C14H24O. The zero-order valence-electron chi connectivity index (χ0n) is 10.2. The number of carbonyl (C=O) groups is 1. The van der Waals surface area contributed by atoms with E-state index in [4.69, 9.17) is 0 Å². The highest BCUT2D eigenvalue weighted by Gasteiger charge is 2.09. The molecule has 1 rings (SSSR count). The van der Waals surface area contributed by atoms with Gasteiger partial charge in [0.15, 0.2) is 0 Å². The van der Waals surface area contributed by atoms with Crippen LogP contribution in [-0.2, 0) is 4.79 Å². The molecule has 0 amide bonds. The molecule has 1 heteroatoms. The van der Waals surface area contributed by atoms with Gasteiger partial charge >= 0.3 is 0 Å². The summed E-state index contributed by atoms with van der Waals surface area (Å²) in [7, 11) is 0. The van der Waals surface area contributed by atoms with Crippen molar-refractivity contribution in [3.8, 4) is 0 Å². The van der Waals surface area contributed by atoms with Gasteiger partial charge in [-0.25, -0.2) is 0 Å². The Morgan fingerprint density at radius 2 is 2.20 bits per heavy atom. The van der Waals surface area contributed by atoms with E-state index in [0.29, 0.717) is 5.78 Å². The lowest BCUT2D eigenvalue weighted by atomic mass is 9.94. The van der Waals surface area contributed by atoms with Crippen LogP contribution in [0.1, 0.15) is 65.2 Å². The Morgan fingerprint density at radius 1 is 1.40 bits per heavy atom. The van der Waals surface area contributed by atoms with Gasteiger partial charge in [0.2, 0.25) is 0 Å². The minimum absolute atomic E-state index is 0.448. The Labute approximate surface area is 93.9 Å². The molecule has 0 unspecified atom stereocenters. The topological polar surface area (TPSA) is 17.1 Å². The quantitative estimate of drug-likeness (QED) is 0.596. The number of ketones is 1. The molecule has 0 saturated carbocycles. The molecule has 15 heavy (non-hydrogen) atoms. The van der Waals surface area contributed by atoms with E-state index in [1.807, 2.05) is 0 Å². The SMILES string of the molecule is CC(C)CCCC(=O)CC1=CCCCC1. The minimum Gasteiger partial charge on any atom is -0.299 e. The van der Waals surface area contributed by atoms with Gasteiger partial charge in [-0.05, 0) is 38.0 Å². The molecule has 0 fully saturated rings. The third-order valence-corrected chi connectivity index (χ3v) is 3.05. The highest BCUT2D eigenvalue weighted by atomic mass is 16.1. The lowest BCUT2D eigenvalue weighted by Gasteiger charge is -2.11. The average molecular weight is 208 g/mol. The molecule has 86 valence electrons. The second kappa shape index (κ2) is 6.81. The van der Waals surface area contributed by atoms with E-state index in [-0.39, 0.29) is 0 Å². The van der Waals surface area contributed by atoms with Crippen LogP contribution in [0, 0.1) is 5.92 Å². The summed E-state index contributed by atoms with van der Waals surface area (Å²) < 4.78 is 0. The maximum absolute atomic E-state index is 11.7. The third-order valence-electron chi connectivity index (χ3n) is 3.05. The number of Topliss-reactive ketones (excluding diaryl/α,β-unsaturated/α-hetero) is 1. The van der Waals surface area contributed by atoms with Gasteiger partial charge in [-0.1, -0.05) is 31.9 Å². The number of rotatable bonds is 6. The van der Waals surface area contributed by atoms with Crippen molar-refractivity contribution in [1.82, 2.24) is 0 Å². The van der Waals surface area contributed by atoms with Crippen LogP contribution in [0.4, 0.5) is 0 Å². The first-order chi connectivity index (χ1) is 7.18. The number of hydrogen-bond donors (Lipinski definition) is 0. The monoisotopic (exact) mass is 208 g/mol. The van der Waals surface area contributed by atoms with Crippen LogP contribution in [0.15, 0.2) is 11.6 Å². The molecule has 0 spiro atoms. The summed E-state index contributed by atoms with van der Waals surface area (Å²) in [6, 6.07) is 0. The van der Waals surface area contributed by atoms with Crippen LogP contribution in [0.5, 0.6) is 0 Å². The molecule has 0 heterocycles. The Bertz CT molecular complexity index is 225. The van der Waals surface area contributed by atoms with E-state index >= 15 is 0 Å². The molecule has 0 atom stereocenters. The van der Waals surface area contributed by atoms with E-state index in [0.717, 1.165) is 31.6 Å². The number of carbonyl (C=O) groups excluding carboxylic acids is 1. The summed E-state index contributed by atoms with van der Waals surface area (Å²) in [5, 5.41) is 0. The van der Waals surface area contributed by atoms with Gasteiger partial charge in [-0.15, -0.1) is 0 Å². The predicted molar refractivity (Wildman–Crippen MR) is 64.9 cm³/mol. The van der Waals surface area contributed by atoms with Gasteiger partial charge in [0.05, 0.1) is 0 Å². The minimum atomic E-state index is 0.448. The molecule has 1 aliphatic carbocycles. The molecule has 1 nitrogen and oxygen atoms in total. The highest BCUT2D eigenvalue weighted by Crippen LogP contribution is 2.21. The van der Waals surface area contributed by atoms with E-state index in [9.17, 15) is 4.79 Å². The Kier molecular flexibility index (Phi) is 5.67. The molecule has 0 bridgehead atoms. The van der Waals surface area contributed by atoms with Gasteiger partial charge in [-0.3, -0.25) is 4.79 Å². The number of allylic oxidation sites excluding steroid dienone is 2. The van der Waals surface area contributed by atoms with E-state index in [1.165, 1.54) is 31.3 Å². The van der Waals surface area contributed by atoms with Gasteiger partial charge in [0, 0.05) is 12.8 Å². The van der Waals surface area contributed by atoms with Crippen LogP contribution in [0.25, 0.3) is 0 Å². The molecule has 0 saturated heterocycles. The van der Waals surface area contributed by atoms with Crippen molar-refractivity contribution in [3.63, 3.8) is 0 Å². The fourth-order valence-corrected chi connectivity index (χ4v) is 2.11. The smallest absolute Gasteiger partial charge is 0.136 e. The van der Waals surface area contributed by atoms with Crippen molar-refractivity contribution >= 4 is 5.78 Å². The third kappa shape index (κ3) is 5.76. The fourth-order valence-electron chi connectivity index (χ4n) is 2.11. The average Bonchev–Trinajstić information content (AvgIpc) is 2.18. The summed E-state index contributed by atoms with van der Waals surface area (Å²) in [4.78, 5) is 11.7. The van der Waals surface area contributed by atoms with Crippen molar-refractivity contribution in [3.05, 3.63) is 11.6 Å². The molecule has 0 aromatic rings. The van der Waals surface area contributed by atoms with E-state index < -0.39 is 0 Å². The maximum atomic E-state index is 11.7. The van der Waals surface area contributed by atoms with Crippen molar-refractivity contribution in [1.29, 1.82) is 0 Å². The molecule has 0 aliphatic heterocycles. The normalized spacial score (nSPS) is 16.6. The largest absolute Gasteiger partial charge is 0.299 e. The van der Waals surface area contributed by atoms with Crippen LogP contribution in [0.2, 0.25) is 0 Å². The molecule has 1 aliphatic rings. The molecule has 0 aromatic heterocycles. The first-order valence-electron chi connectivity index (χ1n) is 6.38. The molecule has 0 N–H and O–H groups in total. The van der Waals surface area contributed by atoms with Gasteiger partial charge in [0.1, 0.15) is 5.78 Å². The predicted octanol–water partition coefficient (Wildman–Crippen LogP) is 4.27. The first-order valence-corrected chi connectivity index (χ1v) is 6.38. The van der Waals surface area contributed by atoms with Crippen molar-refractivity contribution in [2.75, 3.05) is 0 Å². The Balaban J connectivity index is 2.15. The highest BCUT2D eigenvalue weighted by molar-refractivity contribution is 5.80. The van der Waals surface area contributed by atoms with Gasteiger partial charge in [-0.2, -0.15) is 0 Å². The molecule has 0 radical (unpaired) electrons. The van der Waals surface area contributed by atoms with Crippen LogP contribution in [0.3, 0.4) is 0 Å². The standard InChI is InChI=1S/C14H24O/c1-12(2)7-6-10-14(15)11-13-8-4-3-5-9-13/h8,12H,3-7,9-11H2,1-2H3. The van der Waals surface area contributed by atoms with Crippen LogP contribution in [-0.4, -0.2) is 5.78 Å². The Hall–Kier alpha value is -0.590. The van der Waals surface area contributed by atoms with E-state index in [2.05, 4.69) is 19.9 Å². The van der Waals surface area contributed by atoms with Crippen LogP contribution >= 0.6 is 0 Å². The summed E-state index contributed by atoms with van der Waals surface area (Å²) in [6.45, 7) is 4.43. The summed E-state index contributed by atoms with van der Waals surface area (Å²) in [5.41, 5.74) is 1.40. The lowest BCUT2D eigenvalue weighted by Crippen LogP contribution is -2.03. The van der Waals surface area contributed by atoms with E-state index in [1.54, 1.807) is 0 Å². The Morgan fingerprint density at radius 3 is 2.80 bits per heavy atom. The lowest BCUT2D eigenvalue weighted by molar-refractivity contribution is -0.118.